The van der Waals surface area contributed by atoms with E-state index in [0.29, 0.717) is 19.8 Å². The summed E-state index contributed by atoms with van der Waals surface area (Å²) in [4.78, 5) is 2.12. The van der Waals surface area contributed by atoms with Gasteiger partial charge in [-0.2, -0.15) is 0 Å². The Labute approximate surface area is 110 Å². The van der Waals surface area contributed by atoms with Gasteiger partial charge in [0.05, 0.1) is 19.3 Å². The van der Waals surface area contributed by atoms with E-state index in [1.807, 2.05) is 25.2 Å². The minimum atomic E-state index is -0.439. The van der Waals surface area contributed by atoms with Crippen LogP contribution in [0.2, 0.25) is 0 Å². The zero-order chi connectivity index (χ0) is 13.2. The summed E-state index contributed by atoms with van der Waals surface area (Å²) in [7, 11) is 2.01. The molecule has 18 heavy (non-hydrogen) atoms. The first-order valence-corrected chi connectivity index (χ1v) is 6.31. The Hall–Kier alpha value is -1.16. The van der Waals surface area contributed by atoms with Crippen molar-refractivity contribution in [1.82, 2.24) is 4.90 Å². The normalized spacial score (nSPS) is 12.6. The maximum Gasteiger partial charge on any atom is 0.0900 e. The van der Waals surface area contributed by atoms with Gasteiger partial charge < -0.3 is 14.7 Å². The maximum absolute atomic E-state index is 9.74. The predicted octanol–water partition coefficient (Wildman–Crippen LogP) is 1.72. The third-order valence-corrected chi connectivity index (χ3v) is 2.69. The van der Waals surface area contributed by atoms with Gasteiger partial charge in [0.15, 0.2) is 0 Å². The molecule has 0 aliphatic heterocycles. The first-order valence-electron chi connectivity index (χ1n) is 6.31. The molecule has 0 saturated heterocycles. The van der Waals surface area contributed by atoms with Crippen LogP contribution in [0.3, 0.4) is 0 Å². The van der Waals surface area contributed by atoms with Gasteiger partial charge in [0.1, 0.15) is 0 Å². The van der Waals surface area contributed by atoms with Gasteiger partial charge in [-0.25, -0.2) is 0 Å². The highest BCUT2D eigenvalue weighted by Crippen LogP contribution is 2.01. The number of benzene rings is 1. The Kier molecular flexibility index (Phi) is 7.34. The second kappa shape index (κ2) is 8.86. The molecular formula is C15H23NO2. The van der Waals surface area contributed by atoms with Gasteiger partial charge in [0.25, 0.3) is 0 Å². The van der Waals surface area contributed by atoms with Crippen LogP contribution in [0.25, 0.3) is 0 Å². The summed E-state index contributed by atoms with van der Waals surface area (Å²) in [6, 6.07) is 10.4. The molecule has 0 spiro atoms. The van der Waals surface area contributed by atoms with E-state index in [9.17, 15) is 5.11 Å². The molecule has 3 nitrogen and oxygen atoms in total. The summed E-state index contributed by atoms with van der Waals surface area (Å²) in [5, 5.41) is 9.74. The fourth-order valence-corrected chi connectivity index (χ4v) is 1.76. The second-order valence-electron chi connectivity index (χ2n) is 4.48. The highest BCUT2D eigenvalue weighted by Gasteiger charge is 2.08. The molecule has 1 N–H and O–H groups in total. The standard InChI is InChI=1S/C15H23NO2/c1-3-11-18-13-15(17)12-16(2)10-9-14-7-5-4-6-8-14/h3-8,15,17H,1,9-13H2,2H3. The van der Waals surface area contributed by atoms with E-state index in [-0.39, 0.29) is 0 Å². The second-order valence-corrected chi connectivity index (χ2v) is 4.48. The first kappa shape index (κ1) is 14.9. The van der Waals surface area contributed by atoms with Gasteiger partial charge in [0.2, 0.25) is 0 Å². The van der Waals surface area contributed by atoms with Gasteiger partial charge in [-0.15, -0.1) is 6.58 Å². The highest BCUT2D eigenvalue weighted by molar-refractivity contribution is 5.14. The third-order valence-electron chi connectivity index (χ3n) is 2.69. The molecule has 0 bridgehead atoms. The van der Waals surface area contributed by atoms with Gasteiger partial charge in [-0.05, 0) is 19.0 Å². The van der Waals surface area contributed by atoms with Crippen molar-refractivity contribution in [2.45, 2.75) is 12.5 Å². The van der Waals surface area contributed by atoms with E-state index in [1.165, 1.54) is 5.56 Å². The lowest BCUT2D eigenvalue weighted by molar-refractivity contribution is 0.0312. The quantitative estimate of drug-likeness (QED) is 0.534. The molecule has 0 heterocycles. The molecule has 3 heteroatoms. The number of likely N-dealkylation sites (N-methyl/N-ethyl adjacent to an activating group) is 1. The molecule has 100 valence electrons. The molecule has 0 amide bonds. The fourth-order valence-electron chi connectivity index (χ4n) is 1.76. The number of nitrogens with zero attached hydrogens (tertiary/aromatic N) is 1. The molecule has 1 aromatic carbocycles. The topological polar surface area (TPSA) is 32.7 Å². The van der Waals surface area contributed by atoms with Gasteiger partial charge in [-0.1, -0.05) is 36.4 Å². The predicted molar refractivity (Wildman–Crippen MR) is 74.7 cm³/mol. The molecule has 1 atom stereocenters. The van der Waals surface area contributed by atoms with Crippen LogP contribution in [0.15, 0.2) is 43.0 Å². The molecule has 0 aliphatic carbocycles. The van der Waals surface area contributed by atoms with Crippen molar-refractivity contribution >= 4 is 0 Å². The van der Waals surface area contributed by atoms with Crippen molar-refractivity contribution < 1.29 is 9.84 Å². The Morgan fingerprint density at radius 1 is 1.39 bits per heavy atom. The highest BCUT2D eigenvalue weighted by atomic mass is 16.5. The van der Waals surface area contributed by atoms with Crippen molar-refractivity contribution in [2.75, 3.05) is 33.4 Å². The smallest absolute Gasteiger partial charge is 0.0900 e. The van der Waals surface area contributed by atoms with E-state index >= 15 is 0 Å². The SMILES string of the molecule is C=CCOCC(O)CN(C)CCc1ccccc1. The molecule has 0 aromatic heterocycles. The summed E-state index contributed by atoms with van der Waals surface area (Å²) in [6.07, 6.45) is 2.24. The van der Waals surface area contributed by atoms with Crippen LogP contribution in [0, 0.1) is 0 Å². The molecule has 1 rings (SSSR count). The Balaban J connectivity index is 2.16. The van der Waals surface area contributed by atoms with Gasteiger partial charge >= 0.3 is 0 Å². The zero-order valence-corrected chi connectivity index (χ0v) is 11.1. The monoisotopic (exact) mass is 249 g/mol. The third kappa shape index (κ3) is 6.55. The lowest BCUT2D eigenvalue weighted by Gasteiger charge is -2.20. The summed E-state index contributed by atoms with van der Waals surface area (Å²) in [5.41, 5.74) is 1.32. The minimum Gasteiger partial charge on any atom is -0.389 e. The van der Waals surface area contributed by atoms with Crippen LogP contribution >= 0.6 is 0 Å². The first-order chi connectivity index (χ1) is 8.72. The molecule has 0 aliphatic rings. The van der Waals surface area contributed by atoms with Crippen LogP contribution < -0.4 is 0 Å². The van der Waals surface area contributed by atoms with Crippen LogP contribution in [0.4, 0.5) is 0 Å². The summed E-state index contributed by atoms with van der Waals surface area (Å²) >= 11 is 0. The number of hydrogen-bond donors (Lipinski definition) is 1. The van der Waals surface area contributed by atoms with E-state index in [2.05, 4.69) is 23.6 Å². The zero-order valence-electron chi connectivity index (χ0n) is 11.1. The Morgan fingerprint density at radius 2 is 2.11 bits per heavy atom. The average Bonchev–Trinajstić information content (AvgIpc) is 2.38. The van der Waals surface area contributed by atoms with Crippen LogP contribution in [0.1, 0.15) is 5.56 Å². The van der Waals surface area contributed by atoms with Crippen molar-refractivity contribution in [3.8, 4) is 0 Å². The van der Waals surface area contributed by atoms with Gasteiger partial charge in [0, 0.05) is 13.1 Å². The van der Waals surface area contributed by atoms with Gasteiger partial charge in [-0.3, -0.25) is 0 Å². The minimum absolute atomic E-state index is 0.363. The molecule has 0 radical (unpaired) electrons. The van der Waals surface area contributed by atoms with E-state index in [0.717, 1.165) is 13.0 Å². The van der Waals surface area contributed by atoms with Crippen molar-refractivity contribution in [3.63, 3.8) is 0 Å². The average molecular weight is 249 g/mol. The van der Waals surface area contributed by atoms with E-state index < -0.39 is 6.10 Å². The number of aliphatic hydroxyl groups excluding tert-OH is 1. The van der Waals surface area contributed by atoms with Crippen LogP contribution in [-0.4, -0.2) is 49.5 Å². The number of aliphatic hydroxyl groups is 1. The maximum atomic E-state index is 9.74. The molecule has 1 aromatic rings. The molecule has 0 fully saturated rings. The molecule has 0 saturated carbocycles. The Morgan fingerprint density at radius 3 is 2.78 bits per heavy atom. The lowest BCUT2D eigenvalue weighted by Crippen LogP contribution is -2.33. The number of ether oxygens (including phenoxy) is 1. The lowest BCUT2D eigenvalue weighted by atomic mass is 10.1. The fraction of sp³-hybridized carbons (Fsp3) is 0.467. The summed E-state index contributed by atoms with van der Waals surface area (Å²) < 4.78 is 5.21. The number of rotatable bonds is 9. The van der Waals surface area contributed by atoms with E-state index in [1.54, 1.807) is 6.08 Å². The van der Waals surface area contributed by atoms with Crippen molar-refractivity contribution in [3.05, 3.63) is 48.6 Å². The molecular weight excluding hydrogens is 226 g/mol. The van der Waals surface area contributed by atoms with Crippen molar-refractivity contribution in [1.29, 1.82) is 0 Å². The number of hydrogen-bond acceptors (Lipinski definition) is 3. The Bertz CT molecular complexity index is 327. The molecule has 1 unspecified atom stereocenters. The summed E-state index contributed by atoms with van der Waals surface area (Å²) in [5.74, 6) is 0. The largest absolute Gasteiger partial charge is 0.389 e. The van der Waals surface area contributed by atoms with E-state index in [4.69, 9.17) is 4.74 Å². The van der Waals surface area contributed by atoms with Crippen LogP contribution in [-0.2, 0) is 11.2 Å². The van der Waals surface area contributed by atoms with Crippen LogP contribution in [0.5, 0.6) is 0 Å². The van der Waals surface area contributed by atoms with Crippen molar-refractivity contribution in [2.24, 2.45) is 0 Å². The summed E-state index contributed by atoms with van der Waals surface area (Å²) in [6.45, 7) is 5.98.